The van der Waals surface area contributed by atoms with Crippen LogP contribution in [0.15, 0.2) is 44.4 Å². The quantitative estimate of drug-likeness (QED) is 0.558. The van der Waals surface area contributed by atoms with Gasteiger partial charge in [0, 0.05) is 16.7 Å². The van der Waals surface area contributed by atoms with Gasteiger partial charge in [0.2, 0.25) is 5.43 Å². The first-order valence-corrected chi connectivity index (χ1v) is 8.80. The van der Waals surface area contributed by atoms with E-state index in [4.69, 9.17) is 24.9 Å². The minimum Gasteiger partial charge on any atom is -0.497 e. The van der Waals surface area contributed by atoms with Gasteiger partial charge in [0.15, 0.2) is 5.58 Å². The molecule has 3 rings (SSSR count). The standard InChI is InChI=1S/C15H9ClO7S/c1-22-8-5-10-13(17)9-4-7(15(18)19)2-3-11(9)23-14(10)12(6-8)24(16,20)21/h2-6H,1H3,(H,18,19). The average molecular weight is 369 g/mol. The van der Waals surface area contributed by atoms with E-state index in [1.807, 2.05) is 0 Å². The van der Waals surface area contributed by atoms with E-state index in [2.05, 4.69) is 0 Å². The van der Waals surface area contributed by atoms with Crippen molar-refractivity contribution in [1.29, 1.82) is 0 Å². The number of hydrogen-bond donors (Lipinski definition) is 1. The van der Waals surface area contributed by atoms with E-state index in [-0.39, 0.29) is 33.3 Å². The summed E-state index contributed by atoms with van der Waals surface area (Å²) in [5.74, 6) is -1.10. The maximum absolute atomic E-state index is 12.7. The van der Waals surface area contributed by atoms with Crippen molar-refractivity contribution in [1.82, 2.24) is 0 Å². The molecule has 0 bridgehead atoms. The number of methoxy groups -OCH3 is 1. The van der Waals surface area contributed by atoms with E-state index in [1.54, 1.807) is 0 Å². The lowest BCUT2D eigenvalue weighted by Crippen LogP contribution is -2.07. The normalized spacial score (nSPS) is 11.8. The van der Waals surface area contributed by atoms with Gasteiger partial charge in [-0.3, -0.25) is 4.79 Å². The molecule has 0 aliphatic heterocycles. The van der Waals surface area contributed by atoms with Crippen molar-refractivity contribution in [3.8, 4) is 5.75 Å². The molecule has 0 saturated heterocycles. The van der Waals surface area contributed by atoms with Crippen molar-refractivity contribution >= 4 is 47.6 Å². The molecule has 1 aromatic heterocycles. The SMILES string of the molecule is COc1cc(S(=O)(=O)Cl)c2oc3ccc(C(=O)O)cc3c(=O)c2c1. The third-order valence-electron chi connectivity index (χ3n) is 3.45. The predicted octanol–water partition coefficient (Wildman–Crippen LogP) is 2.58. The monoisotopic (exact) mass is 368 g/mol. The number of ether oxygens (including phenoxy) is 1. The summed E-state index contributed by atoms with van der Waals surface area (Å²) in [7, 11) is 2.51. The third kappa shape index (κ3) is 2.59. The van der Waals surface area contributed by atoms with E-state index < -0.39 is 25.3 Å². The van der Waals surface area contributed by atoms with Crippen LogP contribution in [0.3, 0.4) is 0 Å². The summed E-state index contributed by atoms with van der Waals surface area (Å²) in [5.41, 5.74) is -0.854. The summed E-state index contributed by atoms with van der Waals surface area (Å²) >= 11 is 0. The zero-order valence-corrected chi connectivity index (χ0v) is 13.6. The highest BCUT2D eigenvalue weighted by molar-refractivity contribution is 8.14. The average Bonchev–Trinajstić information content (AvgIpc) is 2.53. The highest BCUT2D eigenvalue weighted by Crippen LogP contribution is 2.31. The summed E-state index contributed by atoms with van der Waals surface area (Å²) in [6, 6.07) is 6.15. The Morgan fingerprint density at radius 2 is 1.92 bits per heavy atom. The molecule has 0 aliphatic carbocycles. The number of carboxylic acid groups (broad SMARTS) is 1. The maximum Gasteiger partial charge on any atom is 0.335 e. The van der Waals surface area contributed by atoms with Gasteiger partial charge in [0.25, 0.3) is 9.05 Å². The Balaban J connectivity index is 2.54. The molecule has 1 heterocycles. The van der Waals surface area contributed by atoms with E-state index >= 15 is 0 Å². The first-order chi connectivity index (χ1) is 11.2. The molecule has 24 heavy (non-hydrogen) atoms. The van der Waals surface area contributed by atoms with E-state index in [9.17, 15) is 18.0 Å². The van der Waals surface area contributed by atoms with E-state index in [1.165, 1.54) is 25.3 Å². The molecule has 0 fully saturated rings. The molecule has 1 N–H and O–H groups in total. The first-order valence-electron chi connectivity index (χ1n) is 6.49. The second-order valence-corrected chi connectivity index (χ2v) is 7.42. The van der Waals surface area contributed by atoms with Gasteiger partial charge in [0.05, 0.1) is 23.4 Å². The van der Waals surface area contributed by atoms with Crippen molar-refractivity contribution in [2.75, 3.05) is 7.11 Å². The Morgan fingerprint density at radius 1 is 1.21 bits per heavy atom. The molecule has 0 spiro atoms. The number of carbonyl (C=O) groups is 1. The molecule has 0 atom stereocenters. The molecule has 2 aromatic carbocycles. The molecule has 9 heteroatoms. The van der Waals surface area contributed by atoms with Gasteiger partial charge in [-0.2, -0.15) is 0 Å². The van der Waals surface area contributed by atoms with Crippen LogP contribution in [0.2, 0.25) is 0 Å². The van der Waals surface area contributed by atoms with Crippen LogP contribution in [0.4, 0.5) is 0 Å². The number of halogens is 1. The largest absolute Gasteiger partial charge is 0.497 e. The Hall–Kier alpha value is -2.58. The van der Waals surface area contributed by atoms with Gasteiger partial charge >= 0.3 is 5.97 Å². The molecular weight excluding hydrogens is 360 g/mol. The van der Waals surface area contributed by atoms with E-state index in [0.717, 1.165) is 12.1 Å². The molecule has 0 aliphatic rings. The van der Waals surface area contributed by atoms with Crippen molar-refractivity contribution < 1.29 is 27.5 Å². The van der Waals surface area contributed by atoms with Crippen molar-refractivity contribution in [2.24, 2.45) is 0 Å². The van der Waals surface area contributed by atoms with Crippen LogP contribution in [0.1, 0.15) is 10.4 Å². The summed E-state index contributed by atoms with van der Waals surface area (Å²) < 4.78 is 34.0. The zero-order valence-electron chi connectivity index (χ0n) is 12.1. The van der Waals surface area contributed by atoms with Gasteiger partial charge in [-0.1, -0.05) is 0 Å². The van der Waals surface area contributed by atoms with Gasteiger partial charge in [-0.15, -0.1) is 0 Å². The fourth-order valence-corrected chi connectivity index (χ4v) is 3.31. The first kappa shape index (κ1) is 16.3. The highest BCUT2D eigenvalue weighted by Gasteiger charge is 2.21. The Kier molecular flexibility index (Phi) is 3.73. The lowest BCUT2D eigenvalue weighted by Gasteiger charge is -2.08. The fraction of sp³-hybridized carbons (Fsp3) is 0.0667. The lowest BCUT2D eigenvalue weighted by molar-refractivity contribution is 0.0697. The van der Waals surface area contributed by atoms with Crippen LogP contribution in [-0.4, -0.2) is 26.6 Å². The highest BCUT2D eigenvalue weighted by atomic mass is 35.7. The smallest absolute Gasteiger partial charge is 0.335 e. The number of fused-ring (bicyclic) bond motifs is 2. The van der Waals surface area contributed by atoms with Crippen LogP contribution < -0.4 is 10.2 Å². The van der Waals surface area contributed by atoms with Crippen molar-refractivity contribution in [3.05, 3.63) is 46.1 Å². The lowest BCUT2D eigenvalue weighted by atomic mass is 10.1. The molecule has 0 amide bonds. The van der Waals surface area contributed by atoms with Gasteiger partial charge in [-0.25, -0.2) is 13.2 Å². The summed E-state index contributed by atoms with van der Waals surface area (Å²) in [5, 5.41) is 8.96. The van der Waals surface area contributed by atoms with Gasteiger partial charge in [0.1, 0.15) is 16.2 Å². The number of rotatable bonds is 3. The molecule has 7 nitrogen and oxygen atoms in total. The second-order valence-electron chi connectivity index (χ2n) is 4.89. The number of carboxylic acids is 1. The molecule has 0 radical (unpaired) electrons. The van der Waals surface area contributed by atoms with Gasteiger partial charge < -0.3 is 14.3 Å². The summed E-state index contributed by atoms with van der Waals surface area (Å²) in [6.45, 7) is 0. The molecule has 3 aromatic rings. The topological polar surface area (TPSA) is 111 Å². The maximum atomic E-state index is 12.7. The Morgan fingerprint density at radius 3 is 2.50 bits per heavy atom. The van der Waals surface area contributed by atoms with Crippen molar-refractivity contribution in [2.45, 2.75) is 4.90 Å². The van der Waals surface area contributed by atoms with Crippen LogP contribution in [-0.2, 0) is 9.05 Å². The fourth-order valence-electron chi connectivity index (χ4n) is 2.33. The van der Waals surface area contributed by atoms with Crippen LogP contribution in [0.5, 0.6) is 5.75 Å². The number of benzene rings is 2. The Labute approximate surface area is 139 Å². The van der Waals surface area contributed by atoms with Crippen LogP contribution in [0.25, 0.3) is 21.9 Å². The Bertz CT molecular complexity index is 1160. The number of hydrogen-bond acceptors (Lipinski definition) is 6. The van der Waals surface area contributed by atoms with E-state index in [0.29, 0.717) is 0 Å². The summed E-state index contributed by atoms with van der Waals surface area (Å²) in [4.78, 5) is 23.3. The predicted molar refractivity (Wildman–Crippen MR) is 86.5 cm³/mol. The molecule has 124 valence electrons. The van der Waals surface area contributed by atoms with Crippen molar-refractivity contribution in [3.63, 3.8) is 0 Å². The minimum absolute atomic E-state index is 0.00794. The third-order valence-corrected chi connectivity index (χ3v) is 4.78. The number of aromatic carboxylic acids is 1. The molecule has 0 saturated carbocycles. The molecule has 0 unspecified atom stereocenters. The van der Waals surface area contributed by atoms with Crippen LogP contribution >= 0.6 is 10.7 Å². The van der Waals surface area contributed by atoms with Gasteiger partial charge in [-0.05, 0) is 24.3 Å². The summed E-state index contributed by atoms with van der Waals surface area (Å²) in [6.07, 6.45) is 0. The zero-order chi connectivity index (χ0) is 17.6. The molecular formula is C15H9ClO7S. The van der Waals surface area contributed by atoms with Crippen LogP contribution in [0, 0.1) is 0 Å². The minimum atomic E-state index is -4.20. The second kappa shape index (κ2) is 5.50.